The van der Waals surface area contributed by atoms with Crippen LogP contribution in [0.1, 0.15) is 36.3 Å². The van der Waals surface area contributed by atoms with E-state index in [2.05, 4.69) is 66.0 Å². The zero-order chi connectivity index (χ0) is 25.1. The Balaban J connectivity index is 1.15. The van der Waals surface area contributed by atoms with Gasteiger partial charge < -0.3 is 15.5 Å². The van der Waals surface area contributed by atoms with Gasteiger partial charge in [0.1, 0.15) is 10.8 Å². The smallest absolute Gasteiger partial charge is 0.226 e. The Kier molecular flexibility index (Phi) is 7.18. The van der Waals surface area contributed by atoms with Crippen LogP contribution >= 0.6 is 11.3 Å². The monoisotopic (exact) mass is 499 g/mol. The molecule has 7 heteroatoms. The van der Waals surface area contributed by atoms with Gasteiger partial charge in [0.05, 0.1) is 17.6 Å². The molecular formula is C29H33N5OS. The Morgan fingerprint density at radius 2 is 1.67 bits per heavy atom. The van der Waals surface area contributed by atoms with Gasteiger partial charge in [-0.1, -0.05) is 48.5 Å². The summed E-state index contributed by atoms with van der Waals surface area (Å²) in [5, 5.41) is 9.03. The molecule has 5 rings (SSSR count). The van der Waals surface area contributed by atoms with E-state index >= 15 is 0 Å². The number of nitrogens with one attached hydrogen (secondary N) is 2. The van der Waals surface area contributed by atoms with Gasteiger partial charge in [0.25, 0.3) is 0 Å². The number of rotatable bonds is 7. The molecule has 0 radical (unpaired) electrons. The number of nitrogens with zero attached hydrogens (tertiary/aromatic N) is 3. The van der Waals surface area contributed by atoms with Gasteiger partial charge in [-0.25, -0.2) is 9.97 Å². The molecular weight excluding hydrogens is 466 g/mol. The van der Waals surface area contributed by atoms with Gasteiger partial charge in [-0.3, -0.25) is 4.79 Å². The number of hydrogen-bond acceptors (Lipinski definition) is 6. The number of carbonyl (C=O) groups excluding carboxylic acids is 1. The zero-order valence-electron chi connectivity index (χ0n) is 21.1. The summed E-state index contributed by atoms with van der Waals surface area (Å²) in [5.74, 6) is 0.976. The van der Waals surface area contributed by atoms with Crippen LogP contribution in [0.4, 0.5) is 11.5 Å². The summed E-state index contributed by atoms with van der Waals surface area (Å²) in [6.07, 6.45) is 4.27. The minimum Gasteiger partial charge on any atom is -0.377 e. The molecule has 1 aliphatic carbocycles. The molecule has 1 fully saturated rings. The quantitative estimate of drug-likeness (QED) is 0.336. The largest absolute Gasteiger partial charge is 0.377 e. The van der Waals surface area contributed by atoms with E-state index in [-0.39, 0.29) is 11.9 Å². The maximum atomic E-state index is 12.8. The van der Waals surface area contributed by atoms with Crippen molar-refractivity contribution in [3.05, 3.63) is 71.2 Å². The van der Waals surface area contributed by atoms with E-state index in [0.29, 0.717) is 12.5 Å². The molecule has 0 aliphatic heterocycles. The van der Waals surface area contributed by atoms with E-state index in [1.54, 1.807) is 11.3 Å². The summed E-state index contributed by atoms with van der Waals surface area (Å²) < 4.78 is 0. The van der Waals surface area contributed by atoms with Crippen LogP contribution in [-0.4, -0.2) is 42.1 Å². The Bertz CT molecular complexity index is 1340. The molecule has 2 heterocycles. The molecule has 1 saturated carbocycles. The molecule has 36 heavy (non-hydrogen) atoms. The highest BCUT2D eigenvalue weighted by Crippen LogP contribution is 2.30. The molecule has 0 atom stereocenters. The lowest BCUT2D eigenvalue weighted by molar-refractivity contribution is -0.121. The van der Waals surface area contributed by atoms with Crippen LogP contribution in [-0.2, 0) is 11.2 Å². The lowest BCUT2D eigenvalue weighted by Gasteiger charge is -2.30. The summed E-state index contributed by atoms with van der Waals surface area (Å²) in [6.45, 7) is 2.05. The van der Waals surface area contributed by atoms with Gasteiger partial charge in [-0.15, -0.1) is 11.3 Å². The predicted molar refractivity (Wildman–Crippen MR) is 150 cm³/mol. The maximum Gasteiger partial charge on any atom is 0.226 e. The van der Waals surface area contributed by atoms with E-state index in [9.17, 15) is 4.79 Å². The number of benzene rings is 2. The van der Waals surface area contributed by atoms with E-state index < -0.39 is 0 Å². The standard InChI is InChI=1S/C29H33N5OS/c1-19-25(33-29(36-19)20-9-5-4-6-10-20)17-28(35)31-22-15-13-21(14-16-22)30-27-18-26(34(2)3)23-11-7-8-12-24(23)32-27/h4-12,18,21-22H,13-17H2,1-3H3,(H,30,32)(H,31,35). The zero-order valence-corrected chi connectivity index (χ0v) is 21.9. The maximum absolute atomic E-state index is 12.8. The van der Waals surface area contributed by atoms with Gasteiger partial charge >= 0.3 is 0 Å². The van der Waals surface area contributed by atoms with E-state index in [1.165, 1.54) is 0 Å². The third kappa shape index (κ3) is 5.51. The molecule has 0 bridgehead atoms. The molecule has 0 spiro atoms. The number of fused-ring (bicyclic) bond motifs is 1. The Morgan fingerprint density at radius 1 is 0.972 bits per heavy atom. The number of amides is 1. The van der Waals surface area contributed by atoms with Crippen LogP contribution in [0.2, 0.25) is 0 Å². The fourth-order valence-corrected chi connectivity index (χ4v) is 5.85. The molecule has 4 aromatic rings. The lowest BCUT2D eigenvalue weighted by atomic mass is 9.91. The SMILES string of the molecule is Cc1sc(-c2ccccc2)nc1CC(=O)NC1CCC(Nc2cc(N(C)C)c3ccccc3n2)CC1. The highest BCUT2D eigenvalue weighted by molar-refractivity contribution is 7.15. The third-order valence-electron chi connectivity index (χ3n) is 6.86. The first kappa shape index (κ1) is 24.3. The molecule has 6 nitrogen and oxygen atoms in total. The van der Waals surface area contributed by atoms with Crippen molar-refractivity contribution in [2.75, 3.05) is 24.3 Å². The van der Waals surface area contributed by atoms with Crippen molar-refractivity contribution >= 4 is 39.7 Å². The molecule has 2 N–H and O–H groups in total. The van der Waals surface area contributed by atoms with Gasteiger partial charge in [0.15, 0.2) is 0 Å². The average Bonchev–Trinajstić information content (AvgIpc) is 3.25. The number of pyridine rings is 1. The minimum absolute atomic E-state index is 0.0613. The minimum atomic E-state index is 0.0613. The molecule has 1 aliphatic rings. The number of thiazole rings is 1. The summed E-state index contributed by atoms with van der Waals surface area (Å²) in [5.41, 5.74) is 4.14. The van der Waals surface area contributed by atoms with Crippen molar-refractivity contribution in [3.63, 3.8) is 0 Å². The first-order chi connectivity index (χ1) is 17.5. The van der Waals surface area contributed by atoms with E-state index in [0.717, 1.165) is 69.2 Å². The topological polar surface area (TPSA) is 70.2 Å². The van der Waals surface area contributed by atoms with Gasteiger partial charge in [0.2, 0.25) is 5.91 Å². The van der Waals surface area contributed by atoms with Crippen molar-refractivity contribution in [2.45, 2.75) is 51.1 Å². The Morgan fingerprint density at radius 3 is 2.42 bits per heavy atom. The number of para-hydroxylation sites is 1. The Labute approximate surface area is 216 Å². The molecule has 2 aromatic heterocycles. The van der Waals surface area contributed by atoms with Crippen LogP contribution < -0.4 is 15.5 Å². The van der Waals surface area contributed by atoms with Crippen molar-refractivity contribution in [1.82, 2.24) is 15.3 Å². The molecule has 186 valence electrons. The molecule has 0 unspecified atom stereocenters. The van der Waals surface area contributed by atoms with E-state index in [4.69, 9.17) is 9.97 Å². The summed E-state index contributed by atoms with van der Waals surface area (Å²) in [7, 11) is 4.13. The number of anilines is 2. The van der Waals surface area contributed by atoms with Gasteiger partial charge in [-0.2, -0.15) is 0 Å². The van der Waals surface area contributed by atoms with Crippen molar-refractivity contribution in [2.24, 2.45) is 0 Å². The summed E-state index contributed by atoms with van der Waals surface area (Å²) in [4.78, 5) is 25.6. The summed E-state index contributed by atoms with van der Waals surface area (Å²) in [6, 6.07) is 21.1. The second-order valence-electron chi connectivity index (χ2n) is 9.76. The van der Waals surface area contributed by atoms with Crippen molar-refractivity contribution < 1.29 is 4.79 Å². The molecule has 1 amide bonds. The van der Waals surface area contributed by atoms with E-state index in [1.807, 2.05) is 31.2 Å². The molecule has 2 aromatic carbocycles. The Hall–Kier alpha value is -3.45. The number of aromatic nitrogens is 2. The molecule has 0 saturated heterocycles. The normalized spacial score (nSPS) is 17.6. The highest BCUT2D eigenvalue weighted by atomic mass is 32.1. The summed E-state index contributed by atoms with van der Waals surface area (Å²) >= 11 is 1.65. The van der Waals surface area contributed by atoms with Crippen LogP contribution in [0.3, 0.4) is 0 Å². The number of hydrogen-bond donors (Lipinski definition) is 2. The van der Waals surface area contributed by atoms with Crippen LogP contribution in [0, 0.1) is 6.92 Å². The second kappa shape index (κ2) is 10.7. The van der Waals surface area contributed by atoms with Crippen LogP contribution in [0.5, 0.6) is 0 Å². The van der Waals surface area contributed by atoms with Crippen LogP contribution in [0.25, 0.3) is 21.5 Å². The number of aryl methyl sites for hydroxylation is 1. The fraction of sp³-hybridized carbons (Fsp3) is 0.345. The lowest BCUT2D eigenvalue weighted by Crippen LogP contribution is -2.40. The number of carbonyl (C=O) groups is 1. The second-order valence-corrected chi connectivity index (χ2v) is 11.0. The highest BCUT2D eigenvalue weighted by Gasteiger charge is 2.24. The average molecular weight is 500 g/mol. The third-order valence-corrected chi connectivity index (χ3v) is 7.92. The van der Waals surface area contributed by atoms with Crippen LogP contribution in [0.15, 0.2) is 60.7 Å². The van der Waals surface area contributed by atoms with Crippen molar-refractivity contribution in [3.8, 4) is 10.6 Å². The van der Waals surface area contributed by atoms with Gasteiger partial charge in [0, 0.05) is 53.8 Å². The van der Waals surface area contributed by atoms with Crippen molar-refractivity contribution in [1.29, 1.82) is 0 Å². The van der Waals surface area contributed by atoms with Gasteiger partial charge in [-0.05, 0) is 38.7 Å². The predicted octanol–water partition coefficient (Wildman–Crippen LogP) is 5.81. The fourth-order valence-electron chi connectivity index (χ4n) is 4.92. The first-order valence-electron chi connectivity index (χ1n) is 12.6. The first-order valence-corrected chi connectivity index (χ1v) is 13.4.